The van der Waals surface area contributed by atoms with Crippen LogP contribution < -0.4 is 9.47 Å². The molecule has 1 fully saturated rings. The highest BCUT2D eigenvalue weighted by Crippen LogP contribution is 2.37. The average Bonchev–Trinajstić information content (AvgIpc) is 3.31. The number of ether oxygens (including phenoxy) is 2. The lowest BCUT2D eigenvalue weighted by Crippen LogP contribution is -2.30. The van der Waals surface area contributed by atoms with Crippen molar-refractivity contribution in [3.05, 3.63) is 40.7 Å². The number of hydrogen-bond acceptors (Lipinski definition) is 4. The van der Waals surface area contributed by atoms with E-state index in [1.54, 1.807) is 14.2 Å². The molecule has 2 heterocycles. The molecule has 164 valence electrons. The summed E-state index contributed by atoms with van der Waals surface area (Å²) in [5.41, 5.74) is 4.55. The van der Waals surface area contributed by atoms with E-state index in [0.717, 1.165) is 43.6 Å². The Labute approximate surface area is 180 Å². The van der Waals surface area contributed by atoms with Gasteiger partial charge in [0.15, 0.2) is 11.5 Å². The number of rotatable bonds is 8. The van der Waals surface area contributed by atoms with Crippen molar-refractivity contribution in [2.75, 3.05) is 20.8 Å². The number of hydrogen-bond donors (Lipinski definition) is 0. The van der Waals surface area contributed by atoms with Crippen molar-refractivity contribution < 1.29 is 14.3 Å². The van der Waals surface area contributed by atoms with Crippen molar-refractivity contribution in [1.82, 2.24) is 14.7 Å². The van der Waals surface area contributed by atoms with Crippen LogP contribution >= 0.6 is 0 Å². The van der Waals surface area contributed by atoms with Crippen molar-refractivity contribution in [3.63, 3.8) is 0 Å². The molecular formula is C24H35N3O3. The SMILES string of the molecule is COc1ccc([C@@H]2CCCN2C(=O)CCc2c(C)nn(CC(C)C)c2C)cc1OC. The quantitative estimate of drug-likeness (QED) is 0.641. The number of aromatic nitrogens is 2. The number of amides is 1. The van der Waals surface area contributed by atoms with Crippen LogP contribution in [0, 0.1) is 19.8 Å². The summed E-state index contributed by atoms with van der Waals surface area (Å²) in [5, 5.41) is 4.69. The highest BCUT2D eigenvalue weighted by atomic mass is 16.5. The largest absolute Gasteiger partial charge is 0.493 e. The van der Waals surface area contributed by atoms with Gasteiger partial charge in [0.1, 0.15) is 0 Å². The molecule has 0 saturated carbocycles. The lowest BCUT2D eigenvalue weighted by Gasteiger charge is -2.26. The second kappa shape index (κ2) is 9.54. The summed E-state index contributed by atoms with van der Waals surface area (Å²) in [6, 6.07) is 6.06. The van der Waals surface area contributed by atoms with E-state index in [4.69, 9.17) is 9.47 Å². The zero-order chi connectivity index (χ0) is 21.8. The number of likely N-dealkylation sites (tertiary alicyclic amines) is 1. The monoisotopic (exact) mass is 413 g/mol. The van der Waals surface area contributed by atoms with Crippen molar-refractivity contribution in [2.24, 2.45) is 5.92 Å². The third-order valence-electron chi connectivity index (χ3n) is 6.02. The van der Waals surface area contributed by atoms with Gasteiger partial charge in [-0.05, 0) is 62.3 Å². The number of carbonyl (C=O) groups is 1. The van der Waals surface area contributed by atoms with E-state index in [-0.39, 0.29) is 11.9 Å². The Hall–Kier alpha value is -2.50. The molecular weight excluding hydrogens is 378 g/mol. The summed E-state index contributed by atoms with van der Waals surface area (Å²) in [4.78, 5) is 15.2. The van der Waals surface area contributed by atoms with Crippen molar-refractivity contribution in [2.45, 2.75) is 66.0 Å². The fraction of sp³-hybridized carbons (Fsp3) is 0.583. The number of carbonyl (C=O) groups excluding carboxylic acids is 1. The van der Waals surface area contributed by atoms with Crippen LogP contribution in [0.3, 0.4) is 0 Å². The zero-order valence-electron chi connectivity index (χ0n) is 19.2. The minimum atomic E-state index is 0.100. The number of methoxy groups -OCH3 is 2. The summed E-state index contributed by atoms with van der Waals surface area (Å²) in [6.07, 6.45) is 3.25. The molecule has 0 radical (unpaired) electrons. The topological polar surface area (TPSA) is 56.6 Å². The smallest absolute Gasteiger partial charge is 0.223 e. The molecule has 2 aromatic rings. The molecule has 30 heavy (non-hydrogen) atoms. The standard InChI is InChI=1S/C24H35N3O3/c1-16(2)15-27-18(4)20(17(3)25-27)10-12-24(28)26-13-7-8-21(26)19-9-11-22(29-5)23(14-19)30-6/h9,11,14,16,21H,7-8,10,12-13,15H2,1-6H3/t21-/m0/s1. The first-order chi connectivity index (χ1) is 14.3. The van der Waals surface area contributed by atoms with Crippen LogP contribution in [-0.4, -0.2) is 41.4 Å². The van der Waals surface area contributed by atoms with E-state index < -0.39 is 0 Å². The predicted octanol–water partition coefficient (Wildman–Crippen LogP) is 4.47. The summed E-state index contributed by atoms with van der Waals surface area (Å²) < 4.78 is 12.9. The van der Waals surface area contributed by atoms with Gasteiger partial charge in [-0.3, -0.25) is 9.48 Å². The van der Waals surface area contributed by atoms with Crippen LogP contribution in [0.15, 0.2) is 18.2 Å². The Morgan fingerprint density at radius 2 is 1.93 bits per heavy atom. The molecule has 6 nitrogen and oxygen atoms in total. The van der Waals surface area contributed by atoms with Crippen LogP contribution in [0.4, 0.5) is 0 Å². The molecule has 1 aliphatic heterocycles. The van der Waals surface area contributed by atoms with Gasteiger partial charge in [0.25, 0.3) is 0 Å². The van der Waals surface area contributed by atoms with E-state index in [2.05, 4.69) is 30.6 Å². The Kier molecular flexibility index (Phi) is 7.06. The fourth-order valence-corrected chi connectivity index (χ4v) is 4.47. The second-order valence-electron chi connectivity index (χ2n) is 8.58. The number of benzene rings is 1. The molecule has 0 N–H and O–H groups in total. The first-order valence-corrected chi connectivity index (χ1v) is 10.9. The van der Waals surface area contributed by atoms with Gasteiger partial charge < -0.3 is 14.4 Å². The first-order valence-electron chi connectivity index (χ1n) is 10.9. The lowest BCUT2D eigenvalue weighted by molar-refractivity contribution is -0.132. The molecule has 1 amide bonds. The molecule has 1 aromatic carbocycles. The Morgan fingerprint density at radius 3 is 2.60 bits per heavy atom. The van der Waals surface area contributed by atoms with Crippen LogP contribution in [0.1, 0.15) is 61.7 Å². The number of aryl methyl sites for hydroxylation is 1. The van der Waals surface area contributed by atoms with Crippen LogP contribution in [-0.2, 0) is 17.8 Å². The van der Waals surface area contributed by atoms with Crippen LogP contribution in [0.2, 0.25) is 0 Å². The predicted molar refractivity (Wildman–Crippen MR) is 118 cm³/mol. The highest BCUT2D eigenvalue weighted by molar-refractivity contribution is 5.77. The minimum Gasteiger partial charge on any atom is -0.493 e. The molecule has 0 aliphatic carbocycles. The fourth-order valence-electron chi connectivity index (χ4n) is 4.47. The van der Waals surface area contributed by atoms with Gasteiger partial charge >= 0.3 is 0 Å². The third-order valence-corrected chi connectivity index (χ3v) is 6.02. The summed E-state index contributed by atoms with van der Waals surface area (Å²) in [7, 11) is 3.28. The van der Waals surface area contributed by atoms with E-state index in [9.17, 15) is 4.79 Å². The van der Waals surface area contributed by atoms with Gasteiger partial charge in [0, 0.05) is 25.2 Å². The molecule has 0 spiro atoms. The Morgan fingerprint density at radius 1 is 1.20 bits per heavy atom. The molecule has 1 aromatic heterocycles. The summed E-state index contributed by atoms with van der Waals surface area (Å²) >= 11 is 0. The van der Waals surface area contributed by atoms with Gasteiger partial charge in [-0.25, -0.2) is 0 Å². The molecule has 6 heteroatoms. The minimum absolute atomic E-state index is 0.100. The van der Waals surface area contributed by atoms with E-state index in [1.807, 2.05) is 30.0 Å². The Balaban J connectivity index is 1.71. The molecule has 0 bridgehead atoms. The summed E-state index contributed by atoms with van der Waals surface area (Å²) in [6.45, 7) is 10.3. The molecule has 1 aliphatic rings. The normalized spacial score (nSPS) is 16.4. The average molecular weight is 414 g/mol. The van der Waals surface area contributed by atoms with Gasteiger partial charge in [-0.15, -0.1) is 0 Å². The first kappa shape index (κ1) is 22.2. The van der Waals surface area contributed by atoms with Gasteiger partial charge in [0.2, 0.25) is 5.91 Å². The molecule has 1 saturated heterocycles. The Bertz CT molecular complexity index is 888. The van der Waals surface area contributed by atoms with Crippen molar-refractivity contribution in [3.8, 4) is 11.5 Å². The third kappa shape index (κ3) is 4.63. The van der Waals surface area contributed by atoms with E-state index in [1.165, 1.54) is 11.3 Å². The molecule has 0 unspecified atom stereocenters. The van der Waals surface area contributed by atoms with Crippen molar-refractivity contribution >= 4 is 5.91 Å². The maximum absolute atomic E-state index is 13.1. The van der Waals surface area contributed by atoms with E-state index >= 15 is 0 Å². The summed E-state index contributed by atoms with van der Waals surface area (Å²) in [5.74, 6) is 2.17. The zero-order valence-corrected chi connectivity index (χ0v) is 19.2. The van der Waals surface area contributed by atoms with Gasteiger partial charge in [-0.2, -0.15) is 5.10 Å². The number of nitrogens with zero attached hydrogens (tertiary/aromatic N) is 3. The maximum Gasteiger partial charge on any atom is 0.223 e. The molecule has 3 rings (SSSR count). The van der Waals surface area contributed by atoms with Gasteiger partial charge in [-0.1, -0.05) is 19.9 Å². The van der Waals surface area contributed by atoms with Gasteiger partial charge in [0.05, 0.1) is 26.0 Å². The second-order valence-corrected chi connectivity index (χ2v) is 8.58. The van der Waals surface area contributed by atoms with Crippen molar-refractivity contribution in [1.29, 1.82) is 0 Å². The molecule has 1 atom stereocenters. The van der Waals surface area contributed by atoms with Crippen LogP contribution in [0.25, 0.3) is 0 Å². The maximum atomic E-state index is 13.1. The van der Waals surface area contributed by atoms with Crippen LogP contribution in [0.5, 0.6) is 11.5 Å². The lowest BCUT2D eigenvalue weighted by atomic mass is 10.0. The van der Waals surface area contributed by atoms with E-state index in [0.29, 0.717) is 23.8 Å². The highest BCUT2D eigenvalue weighted by Gasteiger charge is 2.30.